The van der Waals surface area contributed by atoms with Crippen molar-refractivity contribution in [2.24, 2.45) is 5.92 Å². The first kappa shape index (κ1) is 20.4. The molecule has 0 amide bonds. The van der Waals surface area contributed by atoms with Crippen LogP contribution in [0, 0.1) is 5.92 Å². The molecule has 25 heavy (non-hydrogen) atoms. The maximum atomic E-state index is 13.0. The number of likely N-dealkylation sites (tertiary alicyclic amines) is 1. The number of benzene rings is 1. The number of hydrogen-bond acceptors (Lipinski definition) is 3. The molecule has 2 aliphatic rings. The van der Waals surface area contributed by atoms with Gasteiger partial charge in [-0.05, 0) is 18.4 Å². The molecule has 1 saturated heterocycles. The number of carbonyl (C=O) groups excluding carboxylic acids is 1. The van der Waals surface area contributed by atoms with Gasteiger partial charge in [0.2, 0.25) is 0 Å². The minimum Gasteiger partial charge on any atom is -1.00 e. The van der Waals surface area contributed by atoms with Gasteiger partial charge in [0.05, 0.1) is 27.2 Å². The van der Waals surface area contributed by atoms with E-state index < -0.39 is 11.6 Å². The highest BCUT2D eigenvalue weighted by Crippen LogP contribution is 2.42. The number of aliphatic hydroxyl groups is 1. The first-order valence-electron chi connectivity index (χ1n) is 9.23. The summed E-state index contributed by atoms with van der Waals surface area (Å²) in [7, 11) is 4.41. The Morgan fingerprint density at radius 1 is 1.08 bits per heavy atom. The molecule has 0 spiro atoms. The lowest BCUT2D eigenvalue weighted by atomic mass is 9.80. The fraction of sp³-hybridized carbons (Fsp3) is 0.650. The van der Waals surface area contributed by atoms with Crippen LogP contribution in [-0.4, -0.2) is 48.8 Å². The van der Waals surface area contributed by atoms with Crippen LogP contribution in [-0.2, 0) is 15.1 Å². The molecule has 1 aromatic carbocycles. The van der Waals surface area contributed by atoms with Gasteiger partial charge in [-0.15, -0.1) is 0 Å². The number of halogens is 1. The van der Waals surface area contributed by atoms with Gasteiger partial charge in [0.25, 0.3) is 0 Å². The van der Waals surface area contributed by atoms with Gasteiger partial charge in [0, 0.05) is 18.8 Å². The second-order valence-electron chi connectivity index (χ2n) is 8.10. The molecule has 1 N–H and O–H groups in total. The third kappa shape index (κ3) is 4.44. The SMILES string of the molecule is C[N+]1(C)CCC(OC(=O)C(O)(c2ccccc2)C2CCCC2)CC1.[Br-]. The van der Waals surface area contributed by atoms with Crippen LogP contribution in [0.5, 0.6) is 0 Å². The molecule has 0 aromatic heterocycles. The van der Waals surface area contributed by atoms with Crippen molar-refractivity contribution in [2.45, 2.75) is 50.2 Å². The molecule has 1 heterocycles. The Hall–Kier alpha value is -0.910. The number of nitrogens with zero attached hydrogens (tertiary/aromatic N) is 1. The number of esters is 1. The quantitative estimate of drug-likeness (QED) is 0.553. The van der Waals surface area contributed by atoms with Crippen LogP contribution < -0.4 is 17.0 Å². The van der Waals surface area contributed by atoms with Crippen molar-refractivity contribution in [3.05, 3.63) is 35.9 Å². The van der Waals surface area contributed by atoms with Crippen LogP contribution in [0.1, 0.15) is 44.1 Å². The minimum atomic E-state index is -1.50. The normalized spacial score (nSPS) is 23.5. The molecule has 1 aliphatic carbocycles. The molecule has 0 radical (unpaired) electrons. The third-order valence-corrected chi connectivity index (χ3v) is 5.86. The zero-order valence-electron chi connectivity index (χ0n) is 15.3. The number of hydrogen-bond donors (Lipinski definition) is 1. The summed E-state index contributed by atoms with van der Waals surface area (Å²) in [4.78, 5) is 13.0. The zero-order valence-corrected chi connectivity index (χ0v) is 16.9. The van der Waals surface area contributed by atoms with Gasteiger partial charge in [-0.25, -0.2) is 4.79 Å². The van der Waals surface area contributed by atoms with Gasteiger partial charge in [-0.3, -0.25) is 0 Å². The fourth-order valence-corrected chi connectivity index (χ4v) is 4.16. The Kier molecular flexibility index (Phi) is 6.68. The van der Waals surface area contributed by atoms with Crippen molar-refractivity contribution in [1.82, 2.24) is 0 Å². The molecule has 1 aliphatic heterocycles. The number of ether oxygens (including phenoxy) is 1. The van der Waals surface area contributed by atoms with Crippen molar-refractivity contribution in [1.29, 1.82) is 0 Å². The van der Waals surface area contributed by atoms with E-state index in [0.717, 1.165) is 56.1 Å². The van der Waals surface area contributed by atoms with E-state index in [4.69, 9.17) is 4.74 Å². The number of piperidine rings is 1. The lowest BCUT2D eigenvalue weighted by Crippen LogP contribution is -3.00. The monoisotopic (exact) mass is 411 g/mol. The zero-order chi connectivity index (χ0) is 17.2. The summed E-state index contributed by atoms with van der Waals surface area (Å²) < 4.78 is 6.79. The summed E-state index contributed by atoms with van der Waals surface area (Å²) in [6, 6.07) is 9.36. The van der Waals surface area contributed by atoms with E-state index in [1.54, 1.807) is 0 Å². The van der Waals surface area contributed by atoms with Gasteiger partial charge < -0.3 is 31.3 Å². The molecule has 140 valence electrons. The van der Waals surface area contributed by atoms with Crippen LogP contribution >= 0.6 is 0 Å². The van der Waals surface area contributed by atoms with Gasteiger partial charge in [-0.2, -0.15) is 0 Å². The maximum absolute atomic E-state index is 13.0. The van der Waals surface area contributed by atoms with Crippen LogP contribution in [0.3, 0.4) is 0 Å². The fourth-order valence-electron chi connectivity index (χ4n) is 4.16. The lowest BCUT2D eigenvalue weighted by Gasteiger charge is -2.38. The maximum Gasteiger partial charge on any atom is 0.343 e. The van der Waals surface area contributed by atoms with Gasteiger partial charge in [0.15, 0.2) is 5.60 Å². The van der Waals surface area contributed by atoms with Gasteiger partial charge in [0.1, 0.15) is 6.10 Å². The largest absolute Gasteiger partial charge is 1.00 e. The Morgan fingerprint density at radius 2 is 1.64 bits per heavy atom. The summed E-state index contributed by atoms with van der Waals surface area (Å²) in [6.45, 7) is 2.01. The van der Waals surface area contributed by atoms with Crippen molar-refractivity contribution < 1.29 is 36.1 Å². The van der Waals surface area contributed by atoms with E-state index in [1.807, 2.05) is 30.3 Å². The molecule has 2 fully saturated rings. The first-order valence-corrected chi connectivity index (χ1v) is 9.23. The summed E-state index contributed by atoms with van der Waals surface area (Å²) in [6.07, 6.45) is 5.58. The van der Waals surface area contributed by atoms with E-state index >= 15 is 0 Å². The van der Waals surface area contributed by atoms with E-state index in [2.05, 4.69) is 14.1 Å². The standard InChI is InChI=1S/C20H30NO3.BrH/c1-21(2)14-12-18(13-15-21)24-19(22)20(23,17-10-6-7-11-17)16-8-4-3-5-9-16;/h3-5,8-9,17-18,23H,6-7,10-15H2,1-2H3;1H/q+1;/p-1. The molecule has 0 bridgehead atoms. The molecule has 5 heteroatoms. The second kappa shape index (κ2) is 8.19. The Labute approximate surface area is 161 Å². The van der Waals surface area contributed by atoms with Crippen LogP contribution in [0.2, 0.25) is 0 Å². The highest BCUT2D eigenvalue weighted by molar-refractivity contribution is 5.81. The average molecular weight is 412 g/mol. The van der Waals surface area contributed by atoms with E-state index in [0.29, 0.717) is 5.56 Å². The summed E-state index contributed by atoms with van der Waals surface area (Å²) in [5.74, 6) is -0.485. The van der Waals surface area contributed by atoms with Crippen LogP contribution in [0.15, 0.2) is 30.3 Å². The second-order valence-corrected chi connectivity index (χ2v) is 8.10. The molecular formula is C20H30BrNO3. The van der Waals surface area contributed by atoms with Crippen molar-refractivity contribution >= 4 is 5.97 Å². The van der Waals surface area contributed by atoms with Crippen LogP contribution in [0.4, 0.5) is 0 Å². The third-order valence-electron chi connectivity index (χ3n) is 5.86. The molecule has 1 atom stereocenters. The van der Waals surface area contributed by atoms with E-state index in [9.17, 15) is 9.90 Å². The highest BCUT2D eigenvalue weighted by atomic mass is 79.9. The Bertz CT molecular complexity index is 562. The summed E-state index contributed by atoms with van der Waals surface area (Å²) >= 11 is 0. The summed E-state index contributed by atoms with van der Waals surface area (Å²) in [5, 5.41) is 11.4. The molecule has 3 rings (SSSR count). The minimum absolute atomic E-state index is 0. The molecule has 1 unspecified atom stereocenters. The number of quaternary nitrogens is 1. The van der Waals surface area contributed by atoms with Gasteiger partial charge >= 0.3 is 5.97 Å². The average Bonchev–Trinajstić information content (AvgIpc) is 3.12. The number of carbonyl (C=O) groups is 1. The summed E-state index contributed by atoms with van der Waals surface area (Å²) in [5.41, 5.74) is -0.826. The van der Waals surface area contributed by atoms with Crippen LogP contribution in [0.25, 0.3) is 0 Å². The molecule has 1 aromatic rings. The predicted molar refractivity (Wildman–Crippen MR) is 93.3 cm³/mol. The van der Waals surface area contributed by atoms with Gasteiger partial charge in [-0.1, -0.05) is 43.2 Å². The topological polar surface area (TPSA) is 46.5 Å². The Morgan fingerprint density at radius 3 is 2.20 bits per heavy atom. The first-order chi connectivity index (χ1) is 11.4. The predicted octanol–water partition coefficient (Wildman–Crippen LogP) is -0.150. The van der Waals surface area contributed by atoms with Crippen molar-refractivity contribution in [3.63, 3.8) is 0 Å². The van der Waals surface area contributed by atoms with Crippen molar-refractivity contribution in [3.8, 4) is 0 Å². The van der Waals surface area contributed by atoms with E-state index in [-0.39, 0.29) is 29.0 Å². The number of rotatable bonds is 4. The van der Waals surface area contributed by atoms with E-state index in [1.165, 1.54) is 0 Å². The lowest BCUT2D eigenvalue weighted by molar-refractivity contribution is -0.896. The highest BCUT2D eigenvalue weighted by Gasteiger charge is 2.48. The van der Waals surface area contributed by atoms with Crippen molar-refractivity contribution in [2.75, 3.05) is 27.2 Å². The molecule has 1 saturated carbocycles. The Balaban J connectivity index is 0.00000225. The smallest absolute Gasteiger partial charge is 0.343 e. The molecular weight excluding hydrogens is 382 g/mol. The molecule has 4 nitrogen and oxygen atoms in total.